The topological polar surface area (TPSA) is 76.1 Å². The molecule has 1 atom stereocenters. The van der Waals surface area contributed by atoms with E-state index in [0.29, 0.717) is 28.8 Å². The summed E-state index contributed by atoms with van der Waals surface area (Å²) >= 11 is 5.98. The first-order chi connectivity index (χ1) is 14.0. The van der Waals surface area contributed by atoms with Crippen molar-refractivity contribution in [3.8, 4) is 5.75 Å². The van der Waals surface area contributed by atoms with Crippen molar-refractivity contribution in [1.29, 1.82) is 0 Å². The van der Waals surface area contributed by atoms with Crippen LogP contribution in [0.2, 0.25) is 5.02 Å². The number of carbonyl (C=O) groups excluding carboxylic acids is 1. The highest BCUT2D eigenvalue weighted by Crippen LogP contribution is 2.32. The van der Waals surface area contributed by atoms with E-state index in [2.05, 4.69) is 27.5 Å². The fraction of sp³-hybridized carbons (Fsp3) is 0.227. The molecule has 148 valence electrons. The molecule has 1 unspecified atom stereocenters. The Hall–Kier alpha value is -3.12. The third-order valence-electron chi connectivity index (χ3n) is 4.77. The molecule has 2 N–H and O–H groups in total. The lowest BCUT2D eigenvalue weighted by atomic mass is 9.87. The highest BCUT2D eigenvalue weighted by molar-refractivity contribution is 6.30. The fourth-order valence-electron chi connectivity index (χ4n) is 3.41. The molecule has 4 rings (SSSR count). The number of ether oxygens (including phenoxy) is 1. The van der Waals surface area contributed by atoms with Gasteiger partial charge in [0.15, 0.2) is 5.78 Å². The van der Waals surface area contributed by atoms with Crippen LogP contribution in [0.15, 0.2) is 48.5 Å². The Morgan fingerprint density at radius 3 is 2.59 bits per heavy atom. The number of hydrogen-bond acceptors (Lipinski definition) is 6. The van der Waals surface area contributed by atoms with Gasteiger partial charge in [-0.25, -0.2) is 4.98 Å². The van der Waals surface area contributed by atoms with E-state index in [-0.39, 0.29) is 11.7 Å². The molecule has 1 aromatic heterocycles. The molecule has 1 aliphatic carbocycles. The number of nitrogens with zero attached hydrogens (tertiary/aromatic N) is 2. The first kappa shape index (κ1) is 19.2. The second-order valence-electron chi connectivity index (χ2n) is 7.14. The van der Waals surface area contributed by atoms with Gasteiger partial charge < -0.3 is 15.4 Å². The second-order valence-corrected chi connectivity index (χ2v) is 7.58. The maximum absolute atomic E-state index is 12.7. The zero-order valence-electron chi connectivity index (χ0n) is 16.2. The first-order valence-corrected chi connectivity index (χ1v) is 9.77. The van der Waals surface area contributed by atoms with Crippen molar-refractivity contribution in [2.45, 2.75) is 19.8 Å². The molecule has 7 heteroatoms. The first-order valence-electron chi connectivity index (χ1n) is 9.39. The number of anilines is 4. The van der Waals surface area contributed by atoms with Gasteiger partial charge in [-0.2, -0.15) is 4.98 Å². The molecule has 0 saturated carbocycles. The van der Waals surface area contributed by atoms with E-state index in [9.17, 15) is 4.79 Å². The van der Waals surface area contributed by atoms with E-state index in [1.54, 1.807) is 19.2 Å². The minimum absolute atomic E-state index is 0.0585. The molecular formula is C22H21ClN4O2. The van der Waals surface area contributed by atoms with Crippen molar-refractivity contribution in [1.82, 2.24) is 9.97 Å². The van der Waals surface area contributed by atoms with E-state index in [1.807, 2.05) is 36.4 Å². The van der Waals surface area contributed by atoms with Crippen LogP contribution in [0.1, 0.15) is 29.4 Å². The Balaban J connectivity index is 1.73. The summed E-state index contributed by atoms with van der Waals surface area (Å²) in [4.78, 5) is 22.0. The van der Waals surface area contributed by atoms with E-state index in [0.717, 1.165) is 29.2 Å². The van der Waals surface area contributed by atoms with Gasteiger partial charge in [0.05, 0.1) is 18.4 Å². The van der Waals surface area contributed by atoms with Gasteiger partial charge in [-0.3, -0.25) is 4.79 Å². The number of hydrogen-bond donors (Lipinski definition) is 2. The minimum Gasteiger partial charge on any atom is -0.497 e. The van der Waals surface area contributed by atoms with Gasteiger partial charge in [-0.1, -0.05) is 24.6 Å². The van der Waals surface area contributed by atoms with Gasteiger partial charge in [-0.05, 0) is 48.7 Å². The van der Waals surface area contributed by atoms with Crippen LogP contribution >= 0.6 is 11.6 Å². The Bertz CT molecular complexity index is 1050. The highest BCUT2D eigenvalue weighted by Gasteiger charge is 2.28. The largest absolute Gasteiger partial charge is 0.497 e. The fourth-order valence-corrected chi connectivity index (χ4v) is 3.54. The van der Waals surface area contributed by atoms with Crippen molar-refractivity contribution < 1.29 is 9.53 Å². The van der Waals surface area contributed by atoms with Crippen LogP contribution in [0, 0.1) is 5.92 Å². The second kappa shape index (κ2) is 8.09. The van der Waals surface area contributed by atoms with Gasteiger partial charge in [0.1, 0.15) is 11.6 Å². The average molecular weight is 409 g/mol. The molecule has 29 heavy (non-hydrogen) atoms. The summed E-state index contributed by atoms with van der Waals surface area (Å²) in [5.74, 6) is 1.97. The van der Waals surface area contributed by atoms with Crippen LogP contribution in [0.5, 0.6) is 5.75 Å². The molecular weight excluding hydrogens is 388 g/mol. The predicted molar refractivity (Wildman–Crippen MR) is 115 cm³/mol. The van der Waals surface area contributed by atoms with Crippen LogP contribution in [0.3, 0.4) is 0 Å². The molecule has 6 nitrogen and oxygen atoms in total. The van der Waals surface area contributed by atoms with Crippen LogP contribution in [0.25, 0.3) is 0 Å². The van der Waals surface area contributed by atoms with Crippen LogP contribution < -0.4 is 15.4 Å². The SMILES string of the molecule is COc1cccc(Nc2nc3c(c(Nc4ccc(Cl)cc4)n2)C(=O)CC(C)C3)c1. The molecule has 0 amide bonds. The number of fused-ring (bicyclic) bond motifs is 1. The molecule has 3 aromatic rings. The summed E-state index contributed by atoms with van der Waals surface area (Å²) in [6.45, 7) is 2.06. The molecule has 1 heterocycles. The zero-order chi connectivity index (χ0) is 20.4. The Morgan fingerprint density at radius 2 is 1.83 bits per heavy atom. The van der Waals surface area contributed by atoms with Gasteiger partial charge >= 0.3 is 0 Å². The molecule has 0 bridgehead atoms. The van der Waals surface area contributed by atoms with Crippen molar-refractivity contribution in [3.05, 3.63) is 64.8 Å². The maximum Gasteiger partial charge on any atom is 0.229 e. The molecule has 1 aliphatic rings. The van der Waals surface area contributed by atoms with Gasteiger partial charge in [0, 0.05) is 28.9 Å². The van der Waals surface area contributed by atoms with Crippen molar-refractivity contribution in [2.75, 3.05) is 17.7 Å². The molecule has 0 aliphatic heterocycles. The number of nitrogens with one attached hydrogen (secondary N) is 2. The summed E-state index contributed by atoms with van der Waals surface area (Å²) < 4.78 is 5.27. The van der Waals surface area contributed by atoms with Crippen LogP contribution in [-0.4, -0.2) is 22.9 Å². The Morgan fingerprint density at radius 1 is 1.03 bits per heavy atom. The molecule has 0 radical (unpaired) electrons. The van der Waals surface area contributed by atoms with E-state index in [1.165, 1.54) is 0 Å². The lowest BCUT2D eigenvalue weighted by molar-refractivity contribution is 0.0953. The summed E-state index contributed by atoms with van der Waals surface area (Å²) in [6, 6.07) is 14.8. The monoisotopic (exact) mass is 408 g/mol. The van der Waals surface area contributed by atoms with E-state index < -0.39 is 0 Å². The normalized spacial score (nSPS) is 15.6. The number of benzene rings is 2. The predicted octanol–water partition coefficient (Wildman–Crippen LogP) is 5.39. The van der Waals surface area contributed by atoms with Crippen molar-refractivity contribution in [2.24, 2.45) is 5.92 Å². The van der Waals surface area contributed by atoms with Gasteiger partial charge in [0.2, 0.25) is 5.95 Å². The highest BCUT2D eigenvalue weighted by atomic mass is 35.5. The summed E-state index contributed by atoms with van der Waals surface area (Å²) in [5.41, 5.74) is 2.92. The third kappa shape index (κ3) is 4.32. The quantitative estimate of drug-likeness (QED) is 0.589. The van der Waals surface area contributed by atoms with Gasteiger partial charge in [-0.15, -0.1) is 0 Å². The Kier molecular flexibility index (Phi) is 5.36. The average Bonchev–Trinajstić information content (AvgIpc) is 2.69. The summed E-state index contributed by atoms with van der Waals surface area (Å²) in [5, 5.41) is 7.12. The molecule has 0 saturated heterocycles. The number of carbonyl (C=O) groups is 1. The lowest BCUT2D eigenvalue weighted by Crippen LogP contribution is -2.22. The number of rotatable bonds is 5. The number of aromatic nitrogens is 2. The lowest BCUT2D eigenvalue weighted by Gasteiger charge is -2.23. The number of methoxy groups -OCH3 is 1. The van der Waals surface area contributed by atoms with Crippen LogP contribution in [-0.2, 0) is 6.42 Å². The summed E-state index contributed by atoms with van der Waals surface area (Å²) in [6.07, 6.45) is 1.22. The summed E-state index contributed by atoms with van der Waals surface area (Å²) in [7, 11) is 1.62. The zero-order valence-corrected chi connectivity index (χ0v) is 17.0. The Labute approximate surface area is 174 Å². The molecule has 2 aromatic carbocycles. The van der Waals surface area contributed by atoms with E-state index >= 15 is 0 Å². The minimum atomic E-state index is 0.0585. The number of Topliss-reactive ketones (excluding diaryl/α,β-unsaturated/α-hetero) is 1. The maximum atomic E-state index is 12.7. The number of ketones is 1. The van der Waals surface area contributed by atoms with E-state index in [4.69, 9.17) is 16.3 Å². The standard InChI is InChI=1S/C22H21ClN4O2/c1-13-10-18-20(19(28)11-13)21(24-15-8-6-14(23)7-9-15)27-22(26-18)25-16-4-3-5-17(12-16)29-2/h3-9,12-13H,10-11H2,1-2H3,(H2,24,25,26,27). The van der Waals surface area contributed by atoms with Crippen LogP contribution in [0.4, 0.5) is 23.1 Å². The smallest absolute Gasteiger partial charge is 0.229 e. The molecule has 0 fully saturated rings. The third-order valence-corrected chi connectivity index (χ3v) is 5.02. The van der Waals surface area contributed by atoms with Crippen molar-refractivity contribution in [3.63, 3.8) is 0 Å². The number of halogens is 1. The van der Waals surface area contributed by atoms with Crippen molar-refractivity contribution >= 4 is 40.5 Å². The van der Waals surface area contributed by atoms with Gasteiger partial charge in [0.25, 0.3) is 0 Å². The molecule has 0 spiro atoms.